The van der Waals surface area contributed by atoms with Gasteiger partial charge in [0.1, 0.15) is 0 Å². The van der Waals surface area contributed by atoms with Crippen LogP contribution in [-0.2, 0) is 0 Å². The van der Waals surface area contributed by atoms with Crippen LogP contribution < -0.4 is 5.32 Å². The average molecular weight is 347 g/mol. The first-order valence-electron chi connectivity index (χ1n) is 8.95. The van der Waals surface area contributed by atoms with Gasteiger partial charge in [-0.3, -0.25) is 9.89 Å². The molecule has 130 valence electrons. The molecule has 1 saturated carbocycles. The highest BCUT2D eigenvalue weighted by molar-refractivity contribution is 7.13. The number of nitrogens with one attached hydrogen (secondary N) is 2. The SMILES string of the molecule is CC.O=C(c1csc(-c2cn[nH]c2)c1)N1CCNC2CCCCC21. The summed E-state index contributed by atoms with van der Waals surface area (Å²) in [6.07, 6.45) is 8.49. The Morgan fingerprint density at radius 3 is 2.96 bits per heavy atom. The third kappa shape index (κ3) is 3.39. The maximum Gasteiger partial charge on any atom is 0.255 e. The van der Waals surface area contributed by atoms with Crippen LogP contribution in [0.15, 0.2) is 23.8 Å². The van der Waals surface area contributed by atoms with Crippen molar-refractivity contribution in [2.45, 2.75) is 51.6 Å². The summed E-state index contributed by atoms with van der Waals surface area (Å²) in [4.78, 5) is 16.1. The Labute approximate surface area is 147 Å². The molecule has 24 heavy (non-hydrogen) atoms. The molecular formula is C18H26N4OS. The number of hydrogen-bond donors (Lipinski definition) is 2. The van der Waals surface area contributed by atoms with E-state index in [1.54, 1.807) is 17.5 Å². The van der Waals surface area contributed by atoms with Gasteiger partial charge in [-0.1, -0.05) is 26.7 Å². The van der Waals surface area contributed by atoms with E-state index in [0.29, 0.717) is 12.1 Å². The lowest BCUT2D eigenvalue weighted by Gasteiger charge is -2.44. The normalized spacial score (nSPS) is 23.2. The van der Waals surface area contributed by atoms with Crippen molar-refractivity contribution in [3.63, 3.8) is 0 Å². The Kier molecular flexibility index (Phi) is 5.68. The standard InChI is InChI=1S/C16H20N4OS.C2H6/c21-16(11-7-15(22-10-11)12-8-18-19-9-12)20-6-5-17-13-3-1-2-4-14(13)20;1-2/h7-10,13-14,17H,1-6H2,(H,18,19);1-2H3. The maximum atomic E-state index is 12.9. The molecule has 2 unspecified atom stereocenters. The second-order valence-electron chi connectivity index (χ2n) is 6.10. The summed E-state index contributed by atoms with van der Waals surface area (Å²) < 4.78 is 0. The fourth-order valence-electron chi connectivity index (χ4n) is 3.66. The summed E-state index contributed by atoms with van der Waals surface area (Å²) in [6, 6.07) is 2.85. The quantitative estimate of drug-likeness (QED) is 0.874. The molecule has 1 saturated heterocycles. The van der Waals surface area contributed by atoms with Crippen LogP contribution in [0.4, 0.5) is 0 Å². The zero-order chi connectivity index (χ0) is 16.9. The predicted octanol–water partition coefficient (Wildman–Crippen LogP) is 3.52. The van der Waals surface area contributed by atoms with Crippen LogP contribution in [0.1, 0.15) is 49.9 Å². The van der Waals surface area contributed by atoms with Crippen LogP contribution in [0.3, 0.4) is 0 Å². The molecule has 0 aromatic carbocycles. The van der Waals surface area contributed by atoms with Crippen molar-refractivity contribution in [1.29, 1.82) is 0 Å². The summed E-state index contributed by atoms with van der Waals surface area (Å²) in [5, 5.41) is 12.4. The van der Waals surface area contributed by atoms with E-state index >= 15 is 0 Å². The second kappa shape index (κ2) is 7.94. The first-order valence-corrected chi connectivity index (χ1v) is 9.83. The third-order valence-corrected chi connectivity index (χ3v) is 5.76. The molecule has 2 atom stereocenters. The van der Waals surface area contributed by atoms with Gasteiger partial charge in [0.2, 0.25) is 0 Å². The van der Waals surface area contributed by atoms with Gasteiger partial charge in [0, 0.05) is 47.2 Å². The van der Waals surface area contributed by atoms with E-state index in [0.717, 1.165) is 35.5 Å². The van der Waals surface area contributed by atoms with Crippen LogP contribution in [0.5, 0.6) is 0 Å². The summed E-state index contributed by atoms with van der Waals surface area (Å²) in [5.74, 6) is 0.185. The zero-order valence-corrected chi connectivity index (χ0v) is 15.2. The Morgan fingerprint density at radius 1 is 1.33 bits per heavy atom. The molecule has 5 nitrogen and oxygen atoms in total. The van der Waals surface area contributed by atoms with E-state index in [-0.39, 0.29) is 5.91 Å². The molecule has 1 amide bonds. The molecular weight excluding hydrogens is 320 g/mol. The smallest absolute Gasteiger partial charge is 0.255 e. The topological polar surface area (TPSA) is 61.0 Å². The van der Waals surface area contributed by atoms with Gasteiger partial charge in [0.25, 0.3) is 5.91 Å². The number of hydrogen-bond acceptors (Lipinski definition) is 4. The number of rotatable bonds is 2. The lowest BCUT2D eigenvalue weighted by molar-refractivity contribution is 0.0490. The Bertz CT molecular complexity index is 650. The van der Waals surface area contributed by atoms with Gasteiger partial charge < -0.3 is 10.2 Å². The molecule has 1 aliphatic heterocycles. The Hall–Kier alpha value is -1.66. The van der Waals surface area contributed by atoms with E-state index in [9.17, 15) is 4.79 Å². The molecule has 2 aliphatic rings. The summed E-state index contributed by atoms with van der Waals surface area (Å²) in [6.45, 7) is 5.72. The van der Waals surface area contributed by atoms with Gasteiger partial charge in [0.15, 0.2) is 0 Å². The highest BCUT2D eigenvalue weighted by Gasteiger charge is 2.36. The van der Waals surface area contributed by atoms with Crippen molar-refractivity contribution in [3.8, 4) is 10.4 Å². The number of fused-ring (bicyclic) bond motifs is 1. The molecule has 2 N–H and O–H groups in total. The van der Waals surface area contributed by atoms with Crippen molar-refractivity contribution < 1.29 is 4.79 Å². The number of nitrogens with zero attached hydrogens (tertiary/aromatic N) is 2. The molecule has 2 aromatic heterocycles. The van der Waals surface area contributed by atoms with Crippen LogP contribution in [-0.4, -0.2) is 46.2 Å². The number of piperazine rings is 1. The van der Waals surface area contributed by atoms with Crippen molar-refractivity contribution in [3.05, 3.63) is 29.4 Å². The number of carbonyl (C=O) groups excluding carboxylic acids is 1. The Balaban J connectivity index is 0.000000815. The van der Waals surface area contributed by atoms with Crippen LogP contribution in [0.25, 0.3) is 10.4 Å². The number of aromatic amines is 1. The largest absolute Gasteiger partial charge is 0.333 e. The maximum absolute atomic E-state index is 12.9. The summed E-state index contributed by atoms with van der Waals surface area (Å²) >= 11 is 1.61. The fraction of sp³-hybridized carbons (Fsp3) is 0.556. The minimum Gasteiger partial charge on any atom is -0.333 e. The van der Waals surface area contributed by atoms with Gasteiger partial charge in [-0.15, -0.1) is 11.3 Å². The molecule has 6 heteroatoms. The number of H-pyrrole nitrogens is 1. The predicted molar refractivity (Wildman–Crippen MR) is 98.3 cm³/mol. The molecule has 4 rings (SSSR count). The van der Waals surface area contributed by atoms with E-state index < -0.39 is 0 Å². The summed E-state index contributed by atoms with van der Waals surface area (Å²) in [7, 11) is 0. The van der Waals surface area contributed by atoms with Gasteiger partial charge in [0.05, 0.1) is 11.8 Å². The lowest BCUT2D eigenvalue weighted by atomic mass is 9.87. The van der Waals surface area contributed by atoms with Gasteiger partial charge in [-0.2, -0.15) is 5.10 Å². The zero-order valence-electron chi connectivity index (χ0n) is 14.4. The third-order valence-electron chi connectivity index (χ3n) is 4.78. The van der Waals surface area contributed by atoms with Crippen LogP contribution in [0.2, 0.25) is 0 Å². The number of carbonyl (C=O) groups is 1. The minimum absolute atomic E-state index is 0.185. The second-order valence-corrected chi connectivity index (χ2v) is 7.01. The van der Waals surface area contributed by atoms with Gasteiger partial charge >= 0.3 is 0 Å². The molecule has 0 radical (unpaired) electrons. The molecule has 0 spiro atoms. The molecule has 2 aromatic rings. The first-order chi connectivity index (χ1) is 11.8. The van der Waals surface area contributed by atoms with Crippen molar-refractivity contribution in [2.24, 2.45) is 0 Å². The monoisotopic (exact) mass is 346 g/mol. The fourth-order valence-corrected chi connectivity index (χ4v) is 4.53. The van der Waals surface area contributed by atoms with E-state index in [1.165, 1.54) is 19.3 Å². The molecule has 2 fully saturated rings. The number of aromatic nitrogens is 2. The van der Waals surface area contributed by atoms with Crippen molar-refractivity contribution in [1.82, 2.24) is 20.4 Å². The first kappa shape index (κ1) is 17.2. The van der Waals surface area contributed by atoms with Gasteiger partial charge in [-0.25, -0.2) is 0 Å². The van der Waals surface area contributed by atoms with Crippen LogP contribution in [0, 0.1) is 0 Å². The highest BCUT2D eigenvalue weighted by atomic mass is 32.1. The van der Waals surface area contributed by atoms with Crippen LogP contribution >= 0.6 is 11.3 Å². The molecule has 3 heterocycles. The Morgan fingerprint density at radius 2 is 2.17 bits per heavy atom. The lowest BCUT2D eigenvalue weighted by Crippen LogP contribution is -2.60. The molecule has 1 aliphatic carbocycles. The number of thiophene rings is 1. The highest BCUT2D eigenvalue weighted by Crippen LogP contribution is 2.30. The summed E-state index contributed by atoms with van der Waals surface area (Å²) in [5.41, 5.74) is 1.85. The van der Waals surface area contributed by atoms with E-state index in [2.05, 4.69) is 20.4 Å². The van der Waals surface area contributed by atoms with E-state index in [1.807, 2.05) is 31.5 Å². The van der Waals surface area contributed by atoms with Crippen molar-refractivity contribution in [2.75, 3.05) is 13.1 Å². The van der Waals surface area contributed by atoms with Gasteiger partial charge in [-0.05, 0) is 18.9 Å². The molecule has 0 bridgehead atoms. The number of amides is 1. The van der Waals surface area contributed by atoms with E-state index in [4.69, 9.17) is 0 Å². The van der Waals surface area contributed by atoms with Crippen molar-refractivity contribution >= 4 is 17.2 Å². The minimum atomic E-state index is 0.185. The average Bonchev–Trinajstić information content (AvgIpc) is 3.33.